The molecule has 0 spiro atoms. The van der Waals surface area contributed by atoms with Crippen LogP contribution in [0.5, 0.6) is 0 Å². The number of urea groups is 1. The number of methoxy groups -OCH3 is 1. The molecule has 1 unspecified atom stereocenters. The molecular formula is C21H23N5O3. The molecular weight excluding hydrogens is 370 g/mol. The Morgan fingerprint density at radius 3 is 2.97 bits per heavy atom. The van der Waals surface area contributed by atoms with Gasteiger partial charge < -0.3 is 19.8 Å². The number of nitrogens with zero attached hydrogens (tertiary/aromatic N) is 3. The SMILES string of the molecule is COCc1cccc(Nc2ncc(-c3ccnc(N4CC(C)NC4=O)c3)o2)c1C. The summed E-state index contributed by atoms with van der Waals surface area (Å²) in [4.78, 5) is 22.3. The molecule has 1 aliphatic heterocycles. The normalized spacial score (nSPS) is 16.2. The van der Waals surface area contributed by atoms with Gasteiger partial charge in [-0.1, -0.05) is 12.1 Å². The Labute approximate surface area is 168 Å². The van der Waals surface area contributed by atoms with E-state index < -0.39 is 0 Å². The number of aromatic nitrogens is 2. The van der Waals surface area contributed by atoms with E-state index in [1.54, 1.807) is 24.4 Å². The first-order valence-corrected chi connectivity index (χ1v) is 9.40. The van der Waals surface area contributed by atoms with Crippen molar-refractivity contribution in [1.29, 1.82) is 0 Å². The van der Waals surface area contributed by atoms with Gasteiger partial charge >= 0.3 is 6.03 Å². The van der Waals surface area contributed by atoms with Crippen molar-refractivity contribution in [2.75, 3.05) is 23.9 Å². The number of oxazole rings is 1. The fourth-order valence-electron chi connectivity index (χ4n) is 3.32. The third-order valence-electron chi connectivity index (χ3n) is 4.87. The summed E-state index contributed by atoms with van der Waals surface area (Å²) < 4.78 is 11.1. The molecule has 1 saturated heterocycles. The lowest BCUT2D eigenvalue weighted by Crippen LogP contribution is -2.28. The average molecular weight is 393 g/mol. The Kier molecular flexibility index (Phi) is 5.18. The third-order valence-corrected chi connectivity index (χ3v) is 4.87. The van der Waals surface area contributed by atoms with Crippen LogP contribution in [-0.4, -0.2) is 35.7 Å². The zero-order valence-corrected chi connectivity index (χ0v) is 16.6. The summed E-state index contributed by atoms with van der Waals surface area (Å²) >= 11 is 0. The number of anilines is 3. The van der Waals surface area contributed by atoms with Crippen molar-refractivity contribution in [3.05, 3.63) is 53.9 Å². The van der Waals surface area contributed by atoms with Crippen LogP contribution < -0.4 is 15.5 Å². The first-order valence-electron chi connectivity index (χ1n) is 9.40. The van der Waals surface area contributed by atoms with Crippen LogP contribution in [-0.2, 0) is 11.3 Å². The molecule has 2 aromatic heterocycles. The molecule has 8 nitrogen and oxygen atoms in total. The molecule has 1 aliphatic rings. The molecule has 0 aliphatic carbocycles. The van der Waals surface area contributed by atoms with Crippen molar-refractivity contribution in [3.63, 3.8) is 0 Å². The largest absolute Gasteiger partial charge is 0.423 e. The highest BCUT2D eigenvalue weighted by molar-refractivity contribution is 5.94. The Bertz CT molecular complexity index is 1030. The predicted molar refractivity (Wildman–Crippen MR) is 110 cm³/mol. The lowest BCUT2D eigenvalue weighted by molar-refractivity contribution is 0.184. The van der Waals surface area contributed by atoms with Gasteiger partial charge in [0.15, 0.2) is 5.76 Å². The lowest BCUT2D eigenvalue weighted by atomic mass is 10.1. The number of pyridine rings is 1. The third kappa shape index (κ3) is 3.93. The van der Waals surface area contributed by atoms with Crippen LogP contribution in [0.1, 0.15) is 18.1 Å². The van der Waals surface area contributed by atoms with E-state index >= 15 is 0 Å². The number of ether oxygens (including phenoxy) is 1. The van der Waals surface area contributed by atoms with Gasteiger partial charge in [0.25, 0.3) is 6.01 Å². The summed E-state index contributed by atoms with van der Waals surface area (Å²) in [7, 11) is 1.68. The second-order valence-electron chi connectivity index (χ2n) is 7.04. The molecule has 4 rings (SSSR count). The molecule has 29 heavy (non-hydrogen) atoms. The maximum atomic E-state index is 12.1. The zero-order chi connectivity index (χ0) is 20.4. The van der Waals surface area contributed by atoms with Gasteiger partial charge in [-0.25, -0.2) is 14.8 Å². The first kappa shape index (κ1) is 18.9. The van der Waals surface area contributed by atoms with Crippen LogP contribution in [0, 0.1) is 6.92 Å². The van der Waals surface area contributed by atoms with E-state index in [9.17, 15) is 4.79 Å². The average Bonchev–Trinajstić information content (AvgIpc) is 3.31. The summed E-state index contributed by atoms with van der Waals surface area (Å²) in [6.45, 7) is 5.10. The van der Waals surface area contributed by atoms with Crippen LogP contribution in [0.3, 0.4) is 0 Å². The van der Waals surface area contributed by atoms with Crippen molar-refractivity contribution < 1.29 is 13.9 Å². The topological polar surface area (TPSA) is 92.5 Å². The molecule has 8 heteroatoms. The van der Waals surface area contributed by atoms with E-state index in [0.29, 0.717) is 30.7 Å². The van der Waals surface area contributed by atoms with Gasteiger partial charge in [-0.15, -0.1) is 0 Å². The number of rotatable bonds is 6. The van der Waals surface area contributed by atoms with Crippen molar-refractivity contribution in [2.45, 2.75) is 26.5 Å². The zero-order valence-electron chi connectivity index (χ0n) is 16.6. The number of hydrogen-bond donors (Lipinski definition) is 2. The standard InChI is InChI=1S/C21H23N5O3/c1-13-11-26(21(27)24-13)19-9-15(7-8-22-19)18-10-23-20(29-18)25-17-6-4-5-16(12-28-3)14(17)2/h4-10,13H,11-12H2,1-3H3,(H,23,25)(H,24,27). The molecule has 1 aromatic carbocycles. The molecule has 0 saturated carbocycles. The summed E-state index contributed by atoms with van der Waals surface area (Å²) in [5.41, 5.74) is 3.88. The number of carbonyl (C=O) groups excluding carboxylic acids is 1. The summed E-state index contributed by atoms with van der Waals surface area (Å²) in [5, 5.41) is 6.09. The molecule has 0 bridgehead atoms. The molecule has 3 heterocycles. The number of carbonyl (C=O) groups is 1. The first-order chi connectivity index (χ1) is 14.0. The Morgan fingerprint density at radius 2 is 2.21 bits per heavy atom. The smallest absolute Gasteiger partial charge is 0.323 e. The van der Waals surface area contributed by atoms with Gasteiger partial charge in [-0.2, -0.15) is 0 Å². The summed E-state index contributed by atoms with van der Waals surface area (Å²) in [6, 6.07) is 9.95. The van der Waals surface area contributed by atoms with E-state index in [1.807, 2.05) is 44.2 Å². The van der Waals surface area contributed by atoms with E-state index in [1.165, 1.54) is 0 Å². The highest BCUT2D eigenvalue weighted by Crippen LogP contribution is 2.29. The maximum Gasteiger partial charge on any atom is 0.323 e. The Hall–Kier alpha value is -3.39. The molecule has 0 radical (unpaired) electrons. The van der Waals surface area contributed by atoms with Crippen LogP contribution in [0.4, 0.5) is 22.3 Å². The molecule has 2 amide bonds. The molecule has 1 fully saturated rings. The minimum atomic E-state index is -0.145. The molecule has 1 atom stereocenters. The Morgan fingerprint density at radius 1 is 1.34 bits per heavy atom. The highest BCUT2D eigenvalue weighted by atomic mass is 16.5. The van der Waals surface area contributed by atoms with E-state index in [-0.39, 0.29) is 12.1 Å². The number of nitrogens with one attached hydrogen (secondary N) is 2. The van der Waals surface area contributed by atoms with E-state index in [2.05, 4.69) is 20.6 Å². The van der Waals surface area contributed by atoms with Crippen LogP contribution >= 0.6 is 0 Å². The Balaban J connectivity index is 1.55. The van der Waals surface area contributed by atoms with Gasteiger partial charge in [-0.05, 0) is 43.2 Å². The van der Waals surface area contributed by atoms with E-state index in [4.69, 9.17) is 9.15 Å². The lowest BCUT2D eigenvalue weighted by Gasteiger charge is -2.13. The number of amides is 2. The molecule has 150 valence electrons. The minimum absolute atomic E-state index is 0.0890. The quantitative estimate of drug-likeness (QED) is 0.661. The van der Waals surface area contributed by atoms with Gasteiger partial charge in [0, 0.05) is 37.1 Å². The van der Waals surface area contributed by atoms with E-state index in [0.717, 1.165) is 22.4 Å². The summed E-state index contributed by atoms with van der Waals surface area (Å²) in [6.07, 6.45) is 3.32. The maximum absolute atomic E-state index is 12.1. The second-order valence-corrected chi connectivity index (χ2v) is 7.04. The van der Waals surface area contributed by atoms with Crippen LogP contribution in [0.25, 0.3) is 11.3 Å². The predicted octanol–water partition coefficient (Wildman–Crippen LogP) is 3.85. The van der Waals surface area contributed by atoms with Crippen molar-refractivity contribution in [1.82, 2.24) is 15.3 Å². The van der Waals surface area contributed by atoms with Crippen molar-refractivity contribution in [3.8, 4) is 11.3 Å². The second kappa shape index (κ2) is 7.92. The van der Waals surface area contributed by atoms with Gasteiger partial charge in [0.1, 0.15) is 5.82 Å². The minimum Gasteiger partial charge on any atom is -0.423 e. The van der Waals surface area contributed by atoms with Crippen molar-refractivity contribution >= 4 is 23.6 Å². The highest BCUT2D eigenvalue weighted by Gasteiger charge is 2.28. The monoisotopic (exact) mass is 393 g/mol. The fourth-order valence-corrected chi connectivity index (χ4v) is 3.32. The number of benzene rings is 1. The van der Waals surface area contributed by atoms with Crippen LogP contribution in [0.2, 0.25) is 0 Å². The van der Waals surface area contributed by atoms with Crippen molar-refractivity contribution in [2.24, 2.45) is 0 Å². The van der Waals surface area contributed by atoms with Gasteiger partial charge in [0.05, 0.1) is 12.8 Å². The molecule has 3 aromatic rings. The fraction of sp³-hybridized carbons (Fsp3) is 0.286. The summed E-state index contributed by atoms with van der Waals surface area (Å²) in [5.74, 6) is 1.17. The van der Waals surface area contributed by atoms with Crippen LogP contribution in [0.15, 0.2) is 47.1 Å². The molecule has 2 N–H and O–H groups in total. The van der Waals surface area contributed by atoms with Gasteiger partial charge in [-0.3, -0.25) is 4.90 Å². The number of hydrogen-bond acceptors (Lipinski definition) is 6. The van der Waals surface area contributed by atoms with Gasteiger partial charge in [0.2, 0.25) is 0 Å².